The number of amides is 1. The number of hydrogen-bond acceptors (Lipinski definition) is 4. The maximum Gasteiger partial charge on any atom is 0.416 e. The molecule has 180 valence electrons. The number of H-pyrrole nitrogens is 1. The standard InChI is InChI=1S/C25H23F3N6O/c26-25(27,28)19-10-8-17(9-11-19)21-13-30-32-23(21)22-7-3-4-12-34(22)24(35)20-6-2-1-5-18(20)14-33-16-29-15-31-33/h1-2,5-6,8-11,13,15-16,22H,3-4,7,12,14H2,(H,30,32)/t22-/m1/s1. The van der Waals surface area contributed by atoms with Gasteiger partial charge in [0, 0.05) is 17.7 Å². The number of rotatable bonds is 5. The Hall–Kier alpha value is -3.95. The molecule has 1 atom stereocenters. The van der Waals surface area contributed by atoms with Crippen molar-refractivity contribution < 1.29 is 18.0 Å². The average Bonchev–Trinajstić information content (AvgIpc) is 3.56. The summed E-state index contributed by atoms with van der Waals surface area (Å²) in [5, 5.41) is 11.3. The fraction of sp³-hybridized carbons (Fsp3) is 0.280. The number of carbonyl (C=O) groups excluding carboxylic acids is 1. The molecule has 0 radical (unpaired) electrons. The molecule has 1 aliphatic heterocycles. The van der Waals surface area contributed by atoms with Crippen molar-refractivity contribution in [3.63, 3.8) is 0 Å². The van der Waals surface area contributed by atoms with Crippen molar-refractivity contribution in [3.8, 4) is 11.1 Å². The molecule has 3 heterocycles. The largest absolute Gasteiger partial charge is 0.416 e. The zero-order chi connectivity index (χ0) is 24.4. The highest BCUT2D eigenvalue weighted by Gasteiger charge is 2.33. The number of hydrogen-bond donors (Lipinski definition) is 1. The van der Waals surface area contributed by atoms with E-state index in [4.69, 9.17) is 0 Å². The summed E-state index contributed by atoms with van der Waals surface area (Å²) < 4.78 is 40.7. The molecule has 1 fully saturated rings. The van der Waals surface area contributed by atoms with Gasteiger partial charge in [-0.25, -0.2) is 9.67 Å². The van der Waals surface area contributed by atoms with E-state index in [1.165, 1.54) is 18.5 Å². The van der Waals surface area contributed by atoms with Crippen LogP contribution in [-0.2, 0) is 12.7 Å². The minimum absolute atomic E-state index is 0.0987. The number of nitrogens with zero attached hydrogens (tertiary/aromatic N) is 5. The van der Waals surface area contributed by atoms with Gasteiger partial charge >= 0.3 is 6.18 Å². The summed E-state index contributed by atoms with van der Waals surface area (Å²) >= 11 is 0. The van der Waals surface area contributed by atoms with Gasteiger partial charge < -0.3 is 4.90 Å². The van der Waals surface area contributed by atoms with Gasteiger partial charge in [0.25, 0.3) is 5.91 Å². The third-order valence-corrected chi connectivity index (χ3v) is 6.34. The zero-order valence-electron chi connectivity index (χ0n) is 18.7. The summed E-state index contributed by atoms with van der Waals surface area (Å²) in [5.74, 6) is -0.0987. The van der Waals surface area contributed by atoms with Gasteiger partial charge in [0.15, 0.2) is 0 Å². The van der Waals surface area contributed by atoms with Crippen LogP contribution in [0.2, 0.25) is 0 Å². The maximum absolute atomic E-state index is 13.8. The van der Waals surface area contributed by atoms with Crippen molar-refractivity contribution in [2.45, 2.75) is 38.0 Å². The van der Waals surface area contributed by atoms with E-state index in [1.807, 2.05) is 29.2 Å². The van der Waals surface area contributed by atoms with Gasteiger partial charge in [-0.2, -0.15) is 23.4 Å². The van der Waals surface area contributed by atoms with Gasteiger partial charge in [0.2, 0.25) is 0 Å². The molecule has 2 aromatic carbocycles. The van der Waals surface area contributed by atoms with Crippen LogP contribution >= 0.6 is 0 Å². The van der Waals surface area contributed by atoms with E-state index in [9.17, 15) is 18.0 Å². The van der Waals surface area contributed by atoms with Crippen molar-refractivity contribution in [2.75, 3.05) is 6.54 Å². The molecule has 0 saturated carbocycles. The molecule has 1 aliphatic rings. The molecule has 10 heteroatoms. The van der Waals surface area contributed by atoms with Crippen LogP contribution in [0.3, 0.4) is 0 Å². The Morgan fingerprint density at radius 3 is 2.63 bits per heavy atom. The predicted molar refractivity (Wildman–Crippen MR) is 122 cm³/mol. The first-order valence-corrected chi connectivity index (χ1v) is 11.3. The Morgan fingerprint density at radius 1 is 1.09 bits per heavy atom. The summed E-state index contributed by atoms with van der Waals surface area (Å²) in [7, 11) is 0. The van der Waals surface area contributed by atoms with E-state index in [2.05, 4.69) is 20.3 Å². The van der Waals surface area contributed by atoms with E-state index >= 15 is 0 Å². The van der Waals surface area contributed by atoms with Crippen molar-refractivity contribution in [3.05, 3.63) is 89.8 Å². The fourth-order valence-corrected chi connectivity index (χ4v) is 4.60. The molecule has 1 N–H and O–H groups in total. The third-order valence-electron chi connectivity index (χ3n) is 6.34. The van der Waals surface area contributed by atoms with Crippen LogP contribution < -0.4 is 0 Å². The molecule has 1 amide bonds. The van der Waals surface area contributed by atoms with Crippen molar-refractivity contribution in [1.29, 1.82) is 0 Å². The predicted octanol–water partition coefficient (Wildman–Crippen LogP) is 5.10. The Labute approximate surface area is 199 Å². The lowest BCUT2D eigenvalue weighted by Crippen LogP contribution is -2.39. The number of likely N-dealkylation sites (tertiary alicyclic amines) is 1. The quantitative estimate of drug-likeness (QED) is 0.431. The van der Waals surface area contributed by atoms with Crippen LogP contribution in [-0.4, -0.2) is 42.3 Å². The van der Waals surface area contributed by atoms with Gasteiger partial charge in [0.05, 0.1) is 30.0 Å². The van der Waals surface area contributed by atoms with Crippen molar-refractivity contribution in [1.82, 2.24) is 29.9 Å². The monoisotopic (exact) mass is 480 g/mol. The van der Waals surface area contributed by atoms with E-state index < -0.39 is 11.7 Å². The minimum Gasteiger partial charge on any atom is -0.330 e. The van der Waals surface area contributed by atoms with Gasteiger partial charge in [-0.15, -0.1) is 0 Å². The van der Waals surface area contributed by atoms with Crippen molar-refractivity contribution in [2.24, 2.45) is 0 Å². The van der Waals surface area contributed by atoms with Crippen LogP contribution in [0, 0.1) is 0 Å². The molecule has 0 spiro atoms. The Kier molecular flexibility index (Phi) is 6.10. The number of carbonyl (C=O) groups is 1. The first-order valence-electron chi connectivity index (χ1n) is 11.3. The molecule has 2 aromatic heterocycles. The van der Waals surface area contributed by atoms with Crippen LogP contribution in [0.25, 0.3) is 11.1 Å². The van der Waals surface area contributed by atoms with Gasteiger partial charge in [-0.05, 0) is 48.6 Å². The molecular weight excluding hydrogens is 457 g/mol. The molecular formula is C25H23F3N6O. The molecule has 0 bridgehead atoms. The molecule has 5 rings (SSSR count). The van der Waals surface area contributed by atoms with Crippen LogP contribution in [0.15, 0.2) is 67.4 Å². The number of benzene rings is 2. The lowest BCUT2D eigenvalue weighted by molar-refractivity contribution is -0.137. The lowest BCUT2D eigenvalue weighted by atomic mass is 9.93. The average molecular weight is 480 g/mol. The van der Waals surface area contributed by atoms with Crippen LogP contribution in [0.4, 0.5) is 13.2 Å². The second-order valence-corrected chi connectivity index (χ2v) is 8.53. The third kappa shape index (κ3) is 4.68. The molecule has 1 saturated heterocycles. The molecule has 4 aromatic rings. The van der Waals surface area contributed by atoms with Crippen LogP contribution in [0.5, 0.6) is 0 Å². The van der Waals surface area contributed by atoms with Gasteiger partial charge in [-0.3, -0.25) is 9.89 Å². The van der Waals surface area contributed by atoms with E-state index in [0.717, 1.165) is 42.7 Å². The lowest BCUT2D eigenvalue weighted by Gasteiger charge is -2.36. The number of halogens is 3. The Morgan fingerprint density at radius 2 is 1.89 bits per heavy atom. The summed E-state index contributed by atoms with van der Waals surface area (Å²) in [4.78, 5) is 19.6. The topological polar surface area (TPSA) is 79.7 Å². The molecule has 0 unspecified atom stereocenters. The van der Waals surface area contributed by atoms with Crippen LogP contribution in [0.1, 0.15) is 52.5 Å². The number of nitrogens with one attached hydrogen (secondary N) is 1. The second-order valence-electron chi connectivity index (χ2n) is 8.53. The summed E-state index contributed by atoms with van der Waals surface area (Å²) in [5.41, 5.74) is 2.76. The zero-order valence-corrected chi connectivity index (χ0v) is 18.7. The van der Waals surface area contributed by atoms with E-state index in [0.29, 0.717) is 29.8 Å². The van der Waals surface area contributed by atoms with Crippen molar-refractivity contribution >= 4 is 5.91 Å². The van der Waals surface area contributed by atoms with E-state index in [1.54, 1.807) is 17.2 Å². The minimum atomic E-state index is -4.40. The fourth-order valence-electron chi connectivity index (χ4n) is 4.60. The first-order chi connectivity index (χ1) is 16.9. The Balaban J connectivity index is 1.45. The summed E-state index contributed by atoms with van der Waals surface area (Å²) in [6.07, 6.45) is 2.79. The maximum atomic E-state index is 13.8. The second kappa shape index (κ2) is 9.36. The molecule has 0 aliphatic carbocycles. The van der Waals surface area contributed by atoms with Gasteiger partial charge in [-0.1, -0.05) is 30.3 Å². The highest BCUT2D eigenvalue weighted by atomic mass is 19.4. The number of piperidine rings is 1. The molecule has 7 nitrogen and oxygen atoms in total. The van der Waals surface area contributed by atoms with Gasteiger partial charge in [0.1, 0.15) is 12.7 Å². The first kappa shape index (κ1) is 22.8. The molecule has 35 heavy (non-hydrogen) atoms. The normalized spacial score (nSPS) is 16.4. The number of aromatic amines is 1. The smallest absolute Gasteiger partial charge is 0.330 e. The SMILES string of the molecule is O=C(c1ccccc1Cn1cncn1)N1CCCC[C@@H]1c1[nH]ncc1-c1ccc(C(F)(F)F)cc1. The Bertz CT molecular complexity index is 1300. The highest BCUT2D eigenvalue weighted by Crippen LogP contribution is 2.38. The number of aromatic nitrogens is 5. The highest BCUT2D eigenvalue weighted by molar-refractivity contribution is 5.96. The van der Waals surface area contributed by atoms with E-state index in [-0.39, 0.29) is 11.9 Å². The summed E-state index contributed by atoms with van der Waals surface area (Å²) in [6.45, 7) is 0.994. The summed E-state index contributed by atoms with van der Waals surface area (Å²) in [6, 6.07) is 12.2. The number of alkyl halides is 3.